The smallest absolute Gasteiger partial charge is 0.325 e. The molecule has 0 aromatic rings. The van der Waals surface area contributed by atoms with Crippen molar-refractivity contribution in [2.45, 2.75) is 89.6 Å². The van der Waals surface area contributed by atoms with Gasteiger partial charge >= 0.3 is 6.03 Å². The van der Waals surface area contributed by atoms with E-state index in [9.17, 15) is 9.59 Å². The molecule has 0 unspecified atom stereocenters. The molecule has 0 radical (unpaired) electrons. The average molecular weight is 340 g/mol. The summed E-state index contributed by atoms with van der Waals surface area (Å²) in [5.74, 6) is -0.153. The first-order valence-corrected chi connectivity index (χ1v) is 8.83. The van der Waals surface area contributed by atoms with Crippen LogP contribution in [0.2, 0.25) is 0 Å². The van der Waals surface area contributed by atoms with E-state index in [1.807, 2.05) is 41.5 Å². The Hall–Kier alpha value is -1.14. The lowest BCUT2D eigenvalue weighted by Crippen LogP contribution is -2.61. The van der Waals surface area contributed by atoms with Crippen LogP contribution in [0.5, 0.6) is 0 Å². The van der Waals surface area contributed by atoms with Gasteiger partial charge in [-0.2, -0.15) is 0 Å². The molecule has 2 aliphatic rings. The summed E-state index contributed by atoms with van der Waals surface area (Å²) >= 11 is 0. The Balaban J connectivity index is 2.31. The molecule has 0 atom stereocenters. The van der Waals surface area contributed by atoms with Crippen molar-refractivity contribution in [3.05, 3.63) is 0 Å². The first-order valence-electron chi connectivity index (χ1n) is 8.83. The van der Waals surface area contributed by atoms with Gasteiger partial charge < -0.3 is 14.8 Å². The minimum atomic E-state index is -0.886. The van der Waals surface area contributed by atoms with Gasteiger partial charge in [0.2, 0.25) is 0 Å². The Morgan fingerprint density at radius 2 is 1.62 bits per heavy atom. The van der Waals surface area contributed by atoms with Gasteiger partial charge in [0.05, 0.1) is 23.3 Å². The highest BCUT2D eigenvalue weighted by Gasteiger charge is 2.59. The third-order valence-electron chi connectivity index (χ3n) is 5.42. The Kier molecular flexibility index (Phi) is 4.79. The molecule has 2 rings (SSSR count). The standard InChI is InChI=1S/C18H32N2O4/c1-8-17(9-2,23-7)12-20-13(21)18(19-14(20)22)10-15(3,4)24-16(5,6)11-18/h8-12H2,1-7H3,(H,19,22). The fourth-order valence-electron chi connectivity index (χ4n) is 4.51. The minimum Gasteiger partial charge on any atom is -0.376 e. The van der Waals surface area contributed by atoms with Gasteiger partial charge in [-0.1, -0.05) is 13.8 Å². The van der Waals surface area contributed by atoms with Crippen molar-refractivity contribution in [2.24, 2.45) is 0 Å². The highest BCUT2D eigenvalue weighted by molar-refractivity contribution is 6.07. The highest BCUT2D eigenvalue weighted by Crippen LogP contribution is 2.44. The lowest BCUT2D eigenvalue weighted by atomic mass is 9.74. The molecular formula is C18H32N2O4. The van der Waals surface area contributed by atoms with Crippen molar-refractivity contribution >= 4 is 11.9 Å². The molecule has 2 saturated heterocycles. The fourth-order valence-corrected chi connectivity index (χ4v) is 4.51. The molecule has 6 nitrogen and oxygen atoms in total. The van der Waals surface area contributed by atoms with Crippen molar-refractivity contribution < 1.29 is 19.1 Å². The van der Waals surface area contributed by atoms with Gasteiger partial charge in [-0.3, -0.25) is 9.69 Å². The van der Waals surface area contributed by atoms with E-state index in [4.69, 9.17) is 9.47 Å². The van der Waals surface area contributed by atoms with Crippen LogP contribution in [-0.4, -0.2) is 52.8 Å². The minimum absolute atomic E-state index is 0.153. The molecule has 0 aromatic heterocycles. The first-order chi connectivity index (χ1) is 10.9. The molecule has 6 heteroatoms. The Morgan fingerprint density at radius 3 is 2.04 bits per heavy atom. The number of hydrogen-bond donors (Lipinski definition) is 1. The zero-order chi connectivity index (χ0) is 18.4. The normalized spacial score (nSPS) is 25.2. The van der Waals surface area contributed by atoms with Gasteiger partial charge in [0.15, 0.2) is 0 Å². The lowest BCUT2D eigenvalue weighted by Gasteiger charge is -2.49. The topological polar surface area (TPSA) is 67.9 Å². The number of urea groups is 1. The summed E-state index contributed by atoms with van der Waals surface area (Å²) in [5.41, 5.74) is -2.33. The number of imide groups is 1. The summed E-state index contributed by atoms with van der Waals surface area (Å²) in [6.45, 7) is 12.2. The van der Waals surface area contributed by atoms with Gasteiger partial charge in [0.25, 0.3) is 5.91 Å². The zero-order valence-corrected chi connectivity index (χ0v) is 16.1. The van der Waals surface area contributed by atoms with Crippen molar-refractivity contribution in [1.29, 1.82) is 0 Å². The van der Waals surface area contributed by atoms with E-state index in [-0.39, 0.29) is 18.5 Å². The predicted molar refractivity (Wildman–Crippen MR) is 91.8 cm³/mol. The number of carbonyl (C=O) groups is 2. The predicted octanol–water partition coefficient (Wildman–Crippen LogP) is 2.85. The third-order valence-corrected chi connectivity index (χ3v) is 5.42. The van der Waals surface area contributed by atoms with Crippen molar-refractivity contribution in [1.82, 2.24) is 10.2 Å². The van der Waals surface area contributed by atoms with Crippen LogP contribution in [0.25, 0.3) is 0 Å². The summed E-state index contributed by atoms with van der Waals surface area (Å²) < 4.78 is 11.7. The van der Waals surface area contributed by atoms with Gasteiger partial charge in [0.1, 0.15) is 5.54 Å². The summed E-state index contributed by atoms with van der Waals surface area (Å²) in [6.07, 6.45) is 2.43. The Bertz CT molecular complexity index is 499. The van der Waals surface area contributed by atoms with Crippen molar-refractivity contribution in [2.75, 3.05) is 13.7 Å². The molecule has 2 fully saturated rings. The number of amides is 3. The second-order valence-electron chi connectivity index (χ2n) is 8.47. The second kappa shape index (κ2) is 5.99. The quantitative estimate of drug-likeness (QED) is 0.782. The van der Waals surface area contributed by atoms with E-state index in [0.29, 0.717) is 12.8 Å². The maximum Gasteiger partial charge on any atom is 0.325 e. The maximum atomic E-state index is 13.2. The number of ether oxygens (including phenoxy) is 2. The number of nitrogens with one attached hydrogen (secondary N) is 1. The van der Waals surface area contributed by atoms with Crippen molar-refractivity contribution in [3.63, 3.8) is 0 Å². The monoisotopic (exact) mass is 340 g/mol. The van der Waals surface area contributed by atoms with E-state index >= 15 is 0 Å². The molecule has 1 spiro atoms. The number of carbonyl (C=O) groups excluding carboxylic acids is 2. The van der Waals surface area contributed by atoms with Crippen LogP contribution in [0.1, 0.15) is 67.2 Å². The zero-order valence-electron chi connectivity index (χ0n) is 16.1. The Labute approximate surface area is 145 Å². The largest absolute Gasteiger partial charge is 0.376 e. The molecule has 0 aliphatic carbocycles. The van der Waals surface area contributed by atoms with Gasteiger partial charge in [-0.15, -0.1) is 0 Å². The SMILES string of the molecule is CCC(CC)(CN1C(=O)NC2(CC(C)(C)OC(C)(C)C2)C1=O)OC. The van der Waals surface area contributed by atoms with E-state index < -0.39 is 22.3 Å². The first kappa shape index (κ1) is 19.2. The van der Waals surface area contributed by atoms with E-state index in [2.05, 4.69) is 5.32 Å². The molecule has 0 saturated carbocycles. The van der Waals surface area contributed by atoms with Crippen LogP contribution in [0.15, 0.2) is 0 Å². The molecule has 138 valence electrons. The van der Waals surface area contributed by atoms with Crippen LogP contribution in [0.4, 0.5) is 4.79 Å². The summed E-state index contributed by atoms with van der Waals surface area (Å²) in [7, 11) is 1.64. The van der Waals surface area contributed by atoms with Gasteiger partial charge in [-0.05, 0) is 40.5 Å². The molecule has 2 heterocycles. The van der Waals surface area contributed by atoms with Crippen LogP contribution in [-0.2, 0) is 14.3 Å². The fraction of sp³-hybridized carbons (Fsp3) is 0.889. The highest BCUT2D eigenvalue weighted by atomic mass is 16.5. The van der Waals surface area contributed by atoms with Gasteiger partial charge in [-0.25, -0.2) is 4.79 Å². The molecule has 0 aromatic carbocycles. The molecular weight excluding hydrogens is 308 g/mol. The van der Waals surface area contributed by atoms with Crippen molar-refractivity contribution in [3.8, 4) is 0 Å². The summed E-state index contributed by atoms with van der Waals surface area (Å²) in [4.78, 5) is 27.2. The maximum absolute atomic E-state index is 13.2. The lowest BCUT2D eigenvalue weighted by molar-refractivity contribution is -0.185. The summed E-state index contributed by atoms with van der Waals surface area (Å²) in [6, 6.07) is -0.322. The number of nitrogens with zero attached hydrogens (tertiary/aromatic N) is 1. The number of methoxy groups -OCH3 is 1. The third kappa shape index (κ3) is 3.31. The van der Waals surface area contributed by atoms with Crippen LogP contribution < -0.4 is 5.32 Å². The van der Waals surface area contributed by atoms with E-state index in [1.54, 1.807) is 7.11 Å². The number of rotatable bonds is 5. The molecule has 1 N–H and O–H groups in total. The second-order valence-corrected chi connectivity index (χ2v) is 8.47. The molecule has 3 amide bonds. The summed E-state index contributed by atoms with van der Waals surface area (Å²) in [5, 5.41) is 2.98. The molecule has 24 heavy (non-hydrogen) atoms. The van der Waals surface area contributed by atoms with E-state index in [1.165, 1.54) is 4.90 Å². The number of hydrogen-bond acceptors (Lipinski definition) is 4. The van der Waals surface area contributed by atoms with Crippen LogP contribution in [0, 0.1) is 0 Å². The van der Waals surface area contributed by atoms with Crippen LogP contribution >= 0.6 is 0 Å². The van der Waals surface area contributed by atoms with Gasteiger partial charge in [0, 0.05) is 20.0 Å². The average Bonchev–Trinajstić information content (AvgIpc) is 2.64. The Morgan fingerprint density at radius 1 is 1.12 bits per heavy atom. The molecule has 0 bridgehead atoms. The molecule has 2 aliphatic heterocycles. The van der Waals surface area contributed by atoms with E-state index in [0.717, 1.165) is 12.8 Å². The van der Waals surface area contributed by atoms with Crippen LogP contribution in [0.3, 0.4) is 0 Å².